The van der Waals surface area contributed by atoms with E-state index < -0.39 is 0 Å². The lowest BCUT2D eigenvalue weighted by molar-refractivity contribution is 0.762. The smallest absolute Gasteiger partial charge is 0.0519 e. The molecule has 2 aromatic rings. The van der Waals surface area contributed by atoms with E-state index in [0.717, 1.165) is 24.3 Å². The van der Waals surface area contributed by atoms with Crippen molar-refractivity contribution in [3.8, 4) is 0 Å². The zero-order chi connectivity index (χ0) is 13.9. The molecular formula is C18H20ClN. The lowest BCUT2D eigenvalue weighted by Gasteiger charge is -2.16. The van der Waals surface area contributed by atoms with Crippen molar-refractivity contribution < 1.29 is 0 Å². The Balaban J connectivity index is 1.73. The van der Waals surface area contributed by atoms with E-state index in [1.54, 1.807) is 0 Å². The van der Waals surface area contributed by atoms with E-state index in [1.807, 2.05) is 6.07 Å². The van der Waals surface area contributed by atoms with Gasteiger partial charge in [-0.1, -0.05) is 43.1 Å². The van der Waals surface area contributed by atoms with Crippen LogP contribution in [0.1, 0.15) is 42.5 Å². The first-order chi connectivity index (χ1) is 9.76. The molecule has 0 saturated heterocycles. The van der Waals surface area contributed by atoms with Crippen LogP contribution in [-0.2, 0) is 12.8 Å². The molecule has 104 valence electrons. The van der Waals surface area contributed by atoms with Crippen LogP contribution in [0.5, 0.6) is 0 Å². The van der Waals surface area contributed by atoms with Gasteiger partial charge in [-0.15, -0.1) is 0 Å². The molecule has 0 aromatic heterocycles. The average Bonchev–Trinajstić information content (AvgIpc) is 2.83. The van der Waals surface area contributed by atoms with E-state index in [0.29, 0.717) is 6.04 Å². The third kappa shape index (κ3) is 2.83. The highest BCUT2D eigenvalue weighted by Gasteiger charge is 2.22. The lowest BCUT2D eigenvalue weighted by atomic mass is 10.1. The van der Waals surface area contributed by atoms with E-state index in [4.69, 9.17) is 11.6 Å². The molecule has 0 radical (unpaired) electrons. The molecule has 20 heavy (non-hydrogen) atoms. The minimum Gasteiger partial charge on any atom is -0.378 e. The van der Waals surface area contributed by atoms with Crippen molar-refractivity contribution in [3.05, 3.63) is 64.2 Å². The minimum absolute atomic E-state index is 0.416. The van der Waals surface area contributed by atoms with Crippen LogP contribution in [-0.4, -0.2) is 0 Å². The summed E-state index contributed by atoms with van der Waals surface area (Å²) in [6.07, 6.45) is 4.61. The van der Waals surface area contributed by atoms with Crippen LogP contribution in [0.15, 0.2) is 42.5 Å². The molecule has 1 atom stereocenters. The third-order valence-electron chi connectivity index (χ3n) is 4.02. The second-order valence-electron chi connectivity index (χ2n) is 5.53. The quantitative estimate of drug-likeness (QED) is 0.794. The van der Waals surface area contributed by atoms with Gasteiger partial charge in [-0.25, -0.2) is 0 Å². The molecule has 0 saturated carbocycles. The Morgan fingerprint density at radius 2 is 1.95 bits per heavy atom. The van der Waals surface area contributed by atoms with Gasteiger partial charge in [-0.3, -0.25) is 0 Å². The normalized spacial score (nSPS) is 17.0. The SMILES string of the molecule is CCCc1ccc(NC2CCc3cc(Cl)ccc32)cc1. The Morgan fingerprint density at radius 3 is 2.70 bits per heavy atom. The molecule has 1 aliphatic carbocycles. The van der Waals surface area contributed by atoms with Crippen LogP contribution >= 0.6 is 11.6 Å². The summed E-state index contributed by atoms with van der Waals surface area (Å²) in [4.78, 5) is 0. The van der Waals surface area contributed by atoms with Crippen molar-refractivity contribution in [2.75, 3.05) is 5.32 Å². The van der Waals surface area contributed by atoms with Crippen molar-refractivity contribution in [2.45, 2.75) is 38.6 Å². The van der Waals surface area contributed by atoms with Crippen molar-refractivity contribution in [3.63, 3.8) is 0 Å². The molecule has 0 aliphatic heterocycles. The van der Waals surface area contributed by atoms with Crippen LogP contribution in [0.2, 0.25) is 5.02 Å². The number of halogens is 1. The lowest BCUT2D eigenvalue weighted by Crippen LogP contribution is -2.06. The summed E-state index contributed by atoms with van der Waals surface area (Å²) in [5, 5.41) is 4.48. The zero-order valence-corrected chi connectivity index (χ0v) is 12.6. The van der Waals surface area contributed by atoms with Gasteiger partial charge in [0, 0.05) is 10.7 Å². The predicted molar refractivity (Wildman–Crippen MR) is 86.6 cm³/mol. The number of nitrogens with one attached hydrogen (secondary N) is 1. The first-order valence-corrected chi connectivity index (χ1v) is 7.78. The molecule has 1 nitrogen and oxygen atoms in total. The maximum Gasteiger partial charge on any atom is 0.0519 e. The maximum atomic E-state index is 6.06. The van der Waals surface area contributed by atoms with E-state index in [1.165, 1.54) is 28.8 Å². The number of aryl methyl sites for hydroxylation is 2. The number of hydrogen-bond donors (Lipinski definition) is 1. The Morgan fingerprint density at radius 1 is 1.15 bits per heavy atom. The fourth-order valence-electron chi connectivity index (χ4n) is 2.99. The highest BCUT2D eigenvalue weighted by Crippen LogP contribution is 2.35. The molecule has 1 aliphatic rings. The first kappa shape index (κ1) is 13.5. The summed E-state index contributed by atoms with van der Waals surface area (Å²) in [5.74, 6) is 0. The fraction of sp³-hybridized carbons (Fsp3) is 0.333. The van der Waals surface area contributed by atoms with Crippen LogP contribution in [0.4, 0.5) is 5.69 Å². The molecular weight excluding hydrogens is 266 g/mol. The Hall–Kier alpha value is -1.47. The van der Waals surface area contributed by atoms with E-state index in [9.17, 15) is 0 Å². The molecule has 0 spiro atoms. The number of rotatable bonds is 4. The predicted octanol–water partition coefficient (Wildman–Crippen LogP) is 5.39. The summed E-state index contributed by atoms with van der Waals surface area (Å²) < 4.78 is 0. The number of fused-ring (bicyclic) bond motifs is 1. The zero-order valence-electron chi connectivity index (χ0n) is 11.8. The Bertz CT molecular complexity index is 589. The van der Waals surface area contributed by atoms with Gasteiger partial charge in [0.2, 0.25) is 0 Å². The molecule has 2 aromatic carbocycles. The number of benzene rings is 2. The molecule has 3 rings (SSSR count). The maximum absolute atomic E-state index is 6.06. The number of hydrogen-bond acceptors (Lipinski definition) is 1. The molecule has 2 heteroatoms. The van der Waals surface area contributed by atoms with Gasteiger partial charge in [0.1, 0.15) is 0 Å². The third-order valence-corrected chi connectivity index (χ3v) is 4.25. The fourth-order valence-corrected chi connectivity index (χ4v) is 3.19. The summed E-state index contributed by atoms with van der Waals surface area (Å²) in [7, 11) is 0. The van der Waals surface area contributed by atoms with Gasteiger partial charge in [0.25, 0.3) is 0 Å². The summed E-state index contributed by atoms with van der Waals surface area (Å²) in [6.45, 7) is 2.22. The van der Waals surface area contributed by atoms with Gasteiger partial charge < -0.3 is 5.32 Å². The van der Waals surface area contributed by atoms with Gasteiger partial charge in [-0.05, 0) is 60.2 Å². The standard InChI is InChI=1S/C18H20ClN/c1-2-3-13-4-8-16(9-5-13)20-18-11-6-14-12-15(19)7-10-17(14)18/h4-5,7-10,12,18,20H,2-3,6,11H2,1H3. The molecule has 0 heterocycles. The van der Waals surface area contributed by atoms with Crippen LogP contribution in [0.3, 0.4) is 0 Å². The van der Waals surface area contributed by atoms with Crippen molar-refractivity contribution in [2.24, 2.45) is 0 Å². The van der Waals surface area contributed by atoms with Gasteiger partial charge >= 0.3 is 0 Å². The van der Waals surface area contributed by atoms with E-state index in [2.05, 4.69) is 48.6 Å². The average molecular weight is 286 g/mol. The van der Waals surface area contributed by atoms with Crippen molar-refractivity contribution in [1.29, 1.82) is 0 Å². The highest BCUT2D eigenvalue weighted by molar-refractivity contribution is 6.30. The van der Waals surface area contributed by atoms with Crippen LogP contribution < -0.4 is 5.32 Å². The monoisotopic (exact) mass is 285 g/mol. The Kier molecular flexibility index (Phi) is 3.98. The molecule has 1 N–H and O–H groups in total. The van der Waals surface area contributed by atoms with Crippen LogP contribution in [0, 0.1) is 0 Å². The van der Waals surface area contributed by atoms with Gasteiger partial charge in [0.15, 0.2) is 0 Å². The van der Waals surface area contributed by atoms with Gasteiger partial charge in [0.05, 0.1) is 6.04 Å². The van der Waals surface area contributed by atoms with Gasteiger partial charge in [-0.2, -0.15) is 0 Å². The largest absolute Gasteiger partial charge is 0.378 e. The minimum atomic E-state index is 0.416. The summed E-state index contributed by atoms with van der Waals surface area (Å²) in [6, 6.07) is 15.5. The van der Waals surface area contributed by atoms with Crippen molar-refractivity contribution in [1.82, 2.24) is 0 Å². The molecule has 0 bridgehead atoms. The van der Waals surface area contributed by atoms with E-state index in [-0.39, 0.29) is 0 Å². The number of anilines is 1. The Labute approximate surface area is 126 Å². The molecule has 0 fully saturated rings. The highest BCUT2D eigenvalue weighted by atomic mass is 35.5. The summed E-state index contributed by atoms with van der Waals surface area (Å²) in [5.41, 5.74) is 5.40. The first-order valence-electron chi connectivity index (χ1n) is 7.40. The van der Waals surface area contributed by atoms with Crippen molar-refractivity contribution >= 4 is 17.3 Å². The van der Waals surface area contributed by atoms with Crippen LogP contribution in [0.25, 0.3) is 0 Å². The summed E-state index contributed by atoms with van der Waals surface area (Å²) >= 11 is 6.06. The molecule has 1 unspecified atom stereocenters. The second kappa shape index (κ2) is 5.88. The molecule has 0 amide bonds. The van der Waals surface area contributed by atoms with E-state index >= 15 is 0 Å². The second-order valence-corrected chi connectivity index (χ2v) is 5.96. The topological polar surface area (TPSA) is 12.0 Å².